The van der Waals surface area contributed by atoms with Crippen molar-refractivity contribution in [2.75, 3.05) is 12.4 Å². The number of aromatic nitrogens is 2. The van der Waals surface area contributed by atoms with Crippen molar-refractivity contribution in [1.29, 1.82) is 0 Å². The van der Waals surface area contributed by atoms with Gasteiger partial charge in [-0.1, -0.05) is 27.5 Å². The highest BCUT2D eigenvalue weighted by Gasteiger charge is 2.07. The van der Waals surface area contributed by atoms with Gasteiger partial charge in [-0.25, -0.2) is 14.4 Å². The molecule has 2 rings (SSSR count). The smallest absolute Gasteiger partial charge is 0.158 e. The van der Waals surface area contributed by atoms with Crippen LogP contribution in [0.2, 0.25) is 5.15 Å². The maximum atomic E-state index is 13.6. The molecule has 0 aliphatic carbocycles. The van der Waals surface area contributed by atoms with E-state index in [-0.39, 0.29) is 17.6 Å². The van der Waals surface area contributed by atoms with E-state index in [0.717, 1.165) is 4.47 Å². The van der Waals surface area contributed by atoms with E-state index in [1.165, 1.54) is 19.2 Å². The molecule has 0 aliphatic heterocycles. The molecule has 0 saturated heterocycles. The molecule has 0 bridgehead atoms. The number of methoxy groups -OCH3 is 1. The third kappa shape index (κ3) is 3.86. The number of ether oxygens (including phenoxy) is 1. The van der Waals surface area contributed by atoms with Crippen LogP contribution in [0.1, 0.15) is 5.82 Å². The van der Waals surface area contributed by atoms with Crippen molar-refractivity contribution in [2.24, 2.45) is 0 Å². The lowest BCUT2D eigenvalue weighted by Gasteiger charge is -2.09. The largest absolute Gasteiger partial charge is 0.377 e. The molecular weight excluding hydrogens is 337 g/mol. The zero-order valence-corrected chi connectivity index (χ0v) is 12.3. The molecule has 0 fully saturated rings. The number of hydrogen-bond acceptors (Lipinski definition) is 4. The molecule has 0 saturated carbocycles. The van der Waals surface area contributed by atoms with Crippen molar-refractivity contribution in [3.63, 3.8) is 0 Å². The van der Waals surface area contributed by atoms with Gasteiger partial charge in [0.15, 0.2) is 5.82 Å². The van der Waals surface area contributed by atoms with Gasteiger partial charge in [0, 0.05) is 17.6 Å². The molecule has 1 heterocycles. The van der Waals surface area contributed by atoms with Crippen molar-refractivity contribution >= 4 is 39.0 Å². The van der Waals surface area contributed by atoms with Crippen LogP contribution in [0.25, 0.3) is 0 Å². The highest BCUT2D eigenvalue weighted by molar-refractivity contribution is 9.10. The van der Waals surface area contributed by atoms with Crippen LogP contribution in [0.15, 0.2) is 28.7 Å². The SMILES string of the molecule is COCc1nc(Cl)cc(Nc2cc(Br)ccc2F)n1. The van der Waals surface area contributed by atoms with Gasteiger partial charge in [-0.3, -0.25) is 0 Å². The molecule has 0 aliphatic rings. The second kappa shape index (κ2) is 6.27. The molecule has 1 aromatic heterocycles. The van der Waals surface area contributed by atoms with Crippen LogP contribution in [0.5, 0.6) is 0 Å². The lowest BCUT2D eigenvalue weighted by molar-refractivity contribution is 0.178. The van der Waals surface area contributed by atoms with Gasteiger partial charge in [0.25, 0.3) is 0 Å². The van der Waals surface area contributed by atoms with Crippen molar-refractivity contribution in [3.8, 4) is 0 Å². The van der Waals surface area contributed by atoms with Gasteiger partial charge in [0.1, 0.15) is 23.4 Å². The summed E-state index contributed by atoms with van der Waals surface area (Å²) in [6.07, 6.45) is 0. The minimum absolute atomic E-state index is 0.232. The van der Waals surface area contributed by atoms with Gasteiger partial charge in [-0.05, 0) is 18.2 Å². The fraction of sp³-hybridized carbons (Fsp3) is 0.167. The van der Waals surface area contributed by atoms with Crippen molar-refractivity contribution < 1.29 is 9.13 Å². The Balaban J connectivity index is 2.29. The number of rotatable bonds is 4. The molecule has 0 atom stereocenters. The number of nitrogens with one attached hydrogen (secondary N) is 1. The summed E-state index contributed by atoms with van der Waals surface area (Å²) in [6, 6.07) is 6.09. The van der Waals surface area contributed by atoms with Crippen molar-refractivity contribution in [2.45, 2.75) is 6.61 Å². The Morgan fingerprint density at radius 1 is 1.37 bits per heavy atom. The normalized spacial score (nSPS) is 10.5. The molecule has 7 heteroatoms. The molecule has 0 unspecified atom stereocenters. The van der Waals surface area contributed by atoms with Crippen LogP contribution in [-0.2, 0) is 11.3 Å². The van der Waals surface area contributed by atoms with Gasteiger partial charge in [0.05, 0.1) is 5.69 Å². The first-order valence-electron chi connectivity index (χ1n) is 5.33. The molecule has 0 spiro atoms. The number of anilines is 2. The van der Waals surface area contributed by atoms with Gasteiger partial charge < -0.3 is 10.1 Å². The van der Waals surface area contributed by atoms with Crippen LogP contribution < -0.4 is 5.32 Å². The Kier molecular flexibility index (Phi) is 4.68. The molecule has 2 aromatic rings. The standard InChI is InChI=1S/C12H10BrClFN3O/c1-19-6-12-17-10(14)5-11(18-12)16-9-4-7(13)2-3-8(9)15/h2-5H,6H2,1H3,(H,16,17,18). The van der Waals surface area contributed by atoms with E-state index in [0.29, 0.717) is 17.3 Å². The third-order valence-corrected chi connectivity index (χ3v) is 2.89. The molecule has 0 radical (unpaired) electrons. The van der Waals surface area contributed by atoms with E-state index in [2.05, 4.69) is 31.2 Å². The molecular formula is C12H10BrClFN3O. The first-order valence-corrected chi connectivity index (χ1v) is 6.50. The van der Waals surface area contributed by atoms with Crippen LogP contribution in [0.3, 0.4) is 0 Å². The zero-order valence-electron chi connectivity index (χ0n) is 9.95. The molecule has 100 valence electrons. The van der Waals surface area contributed by atoms with Crippen LogP contribution in [0.4, 0.5) is 15.9 Å². The number of benzene rings is 1. The molecule has 1 N–H and O–H groups in total. The predicted molar refractivity (Wildman–Crippen MR) is 75.1 cm³/mol. The topological polar surface area (TPSA) is 47.0 Å². The Hall–Kier alpha value is -1.24. The summed E-state index contributed by atoms with van der Waals surface area (Å²) in [6.45, 7) is 0.232. The van der Waals surface area contributed by atoms with Crippen LogP contribution in [0, 0.1) is 5.82 Å². The first-order chi connectivity index (χ1) is 9.08. The molecule has 1 aromatic carbocycles. The van der Waals surface area contributed by atoms with Gasteiger partial charge in [-0.2, -0.15) is 0 Å². The fourth-order valence-corrected chi connectivity index (χ4v) is 2.02. The summed E-state index contributed by atoms with van der Waals surface area (Å²) < 4.78 is 19.3. The summed E-state index contributed by atoms with van der Waals surface area (Å²) in [4.78, 5) is 8.17. The average molecular weight is 347 g/mol. The second-order valence-corrected chi connectivity index (χ2v) is 4.98. The Labute approximate surface area is 123 Å². The summed E-state index contributed by atoms with van der Waals surface area (Å²) in [5.41, 5.74) is 0.299. The van der Waals surface area contributed by atoms with E-state index < -0.39 is 0 Å². The quantitative estimate of drug-likeness (QED) is 0.852. The highest BCUT2D eigenvalue weighted by Crippen LogP contribution is 2.24. The summed E-state index contributed by atoms with van der Waals surface area (Å²) >= 11 is 9.15. The Morgan fingerprint density at radius 2 is 2.16 bits per heavy atom. The van der Waals surface area contributed by atoms with E-state index in [9.17, 15) is 4.39 Å². The highest BCUT2D eigenvalue weighted by atomic mass is 79.9. The zero-order chi connectivity index (χ0) is 13.8. The number of halogens is 3. The van der Waals surface area contributed by atoms with E-state index >= 15 is 0 Å². The fourth-order valence-electron chi connectivity index (χ4n) is 1.45. The van der Waals surface area contributed by atoms with E-state index in [1.807, 2.05) is 0 Å². The second-order valence-electron chi connectivity index (χ2n) is 3.67. The Morgan fingerprint density at radius 3 is 2.89 bits per heavy atom. The average Bonchev–Trinajstić information content (AvgIpc) is 2.33. The number of hydrogen-bond donors (Lipinski definition) is 1. The van der Waals surface area contributed by atoms with Crippen molar-refractivity contribution in [3.05, 3.63) is 45.5 Å². The van der Waals surface area contributed by atoms with Crippen molar-refractivity contribution in [1.82, 2.24) is 9.97 Å². The molecule has 4 nitrogen and oxygen atoms in total. The lowest BCUT2D eigenvalue weighted by Crippen LogP contribution is -2.02. The van der Waals surface area contributed by atoms with Crippen LogP contribution >= 0.6 is 27.5 Å². The maximum absolute atomic E-state index is 13.6. The lowest BCUT2D eigenvalue weighted by atomic mass is 10.3. The monoisotopic (exact) mass is 345 g/mol. The third-order valence-electron chi connectivity index (χ3n) is 2.21. The maximum Gasteiger partial charge on any atom is 0.158 e. The van der Waals surface area contributed by atoms with Crippen LogP contribution in [-0.4, -0.2) is 17.1 Å². The molecule has 19 heavy (non-hydrogen) atoms. The Bertz CT molecular complexity index is 597. The summed E-state index contributed by atoms with van der Waals surface area (Å²) in [7, 11) is 1.53. The predicted octanol–water partition coefficient (Wildman–Crippen LogP) is 3.92. The first kappa shape index (κ1) is 14.2. The summed E-state index contributed by atoms with van der Waals surface area (Å²) in [5, 5.41) is 3.12. The van der Waals surface area contributed by atoms with Gasteiger partial charge in [-0.15, -0.1) is 0 Å². The van der Waals surface area contributed by atoms with Gasteiger partial charge in [0.2, 0.25) is 0 Å². The number of nitrogens with zero attached hydrogens (tertiary/aromatic N) is 2. The van der Waals surface area contributed by atoms with E-state index in [1.54, 1.807) is 12.1 Å². The van der Waals surface area contributed by atoms with Gasteiger partial charge >= 0.3 is 0 Å². The summed E-state index contributed by atoms with van der Waals surface area (Å²) in [5.74, 6) is 0.447. The van der Waals surface area contributed by atoms with E-state index in [4.69, 9.17) is 16.3 Å². The minimum Gasteiger partial charge on any atom is -0.377 e. The minimum atomic E-state index is -0.383. The molecule has 0 amide bonds.